The Labute approximate surface area is 142 Å². The van der Waals surface area contributed by atoms with Gasteiger partial charge in [-0.25, -0.2) is 0 Å². The molecule has 1 unspecified atom stereocenters. The van der Waals surface area contributed by atoms with Gasteiger partial charge in [-0.2, -0.15) is 0 Å². The Hall–Kier alpha value is -1.59. The van der Waals surface area contributed by atoms with Crippen molar-refractivity contribution < 1.29 is 9.59 Å². The number of nitrogens with one attached hydrogen (secondary N) is 2. The summed E-state index contributed by atoms with van der Waals surface area (Å²) in [6.07, 6.45) is 4.15. The second-order valence-electron chi connectivity index (χ2n) is 6.69. The second-order valence-corrected chi connectivity index (χ2v) is 6.69. The van der Waals surface area contributed by atoms with Gasteiger partial charge in [0, 0.05) is 23.7 Å². The van der Waals surface area contributed by atoms with Gasteiger partial charge in [-0.1, -0.05) is 6.07 Å². The summed E-state index contributed by atoms with van der Waals surface area (Å²) < 4.78 is 0. The van der Waals surface area contributed by atoms with Gasteiger partial charge < -0.3 is 16.4 Å². The Balaban J connectivity index is 0.00000192. The summed E-state index contributed by atoms with van der Waals surface area (Å²) in [7, 11) is 0. The Kier molecular flexibility index (Phi) is 5.32. The summed E-state index contributed by atoms with van der Waals surface area (Å²) in [5.74, 6) is 0.525. The molecule has 0 spiro atoms. The SMILES string of the molecule is CC(CN)(NC(=O)c1cccc(NC(=O)C2CC2)c1)C1CC1.Cl. The average Bonchev–Trinajstić information content (AvgIpc) is 3.39. The molecule has 0 heterocycles. The van der Waals surface area contributed by atoms with Crippen molar-refractivity contribution in [3.8, 4) is 0 Å². The largest absolute Gasteiger partial charge is 0.345 e. The van der Waals surface area contributed by atoms with E-state index in [1.54, 1.807) is 24.3 Å². The molecule has 0 aromatic heterocycles. The fraction of sp³-hybridized carbons (Fsp3) is 0.529. The fourth-order valence-corrected chi connectivity index (χ4v) is 2.70. The van der Waals surface area contributed by atoms with E-state index in [1.807, 2.05) is 6.92 Å². The van der Waals surface area contributed by atoms with Crippen molar-refractivity contribution in [1.29, 1.82) is 0 Å². The van der Waals surface area contributed by atoms with Gasteiger partial charge in [0.1, 0.15) is 0 Å². The van der Waals surface area contributed by atoms with Crippen LogP contribution in [0.1, 0.15) is 43.0 Å². The molecule has 23 heavy (non-hydrogen) atoms. The maximum atomic E-state index is 12.5. The predicted octanol–water partition coefficient (Wildman–Crippen LogP) is 2.31. The number of nitrogens with two attached hydrogens (primary N) is 1. The van der Waals surface area contributed by atoms with Crippen LogP contribution in [0.2, 0.25) is 0 Å². The lowest BCUT2D eigenvalue weighted by atomic mass is 9.95. The van der Waals surface area contributed by atoms with Crippen LogP contribution in [-0.4, -0.2) is 23.9 Å². The molecule has 1 atom stereocenters. The Morgan fingerprint density at radius 2 is 1.96 bits per heavy atom. The number of anilines is 1. The van der Waals surface area contributed by atoms with Gasteiger partial charge >= 0.3 is 0 Å². The zero-order valence-corrected chi connectivity index (χ0v) is 14.1. The van der Waals surface area contributed by atoms with E-state index in [0.717, 1.165) is 25.7 Å². The van der Waals surface area contributed by atoms with Gasteiger partial charge in [0.15, 0.2) is 0 Å². The number of halogens is 1. The van der Waals surface area contributed by atoms with Gasteiger partial charge in [-0.15, -0.1) is 12.4 Å². The van der Waals surface area contributed by atoms with E-state index in [4.69, 9.17) is 5.73 Å². The molecule has 2 aliphatic rings. The van der Waals surface area contributed by atoms with Crippen LogP contribution < -0.4 is 16.4 Å². The molecule has 0 saturated heterocycles. The molecule has 0 radical (unpaired) electrons. The molecule has 2 fully saturated rings. The Morgan fingerprint density at radius 3 is 2.52 bits per heavy atom. The number of rotatable bonds is 6. The number of benzene rings is 1. The highest BCUT2D eigenvalue weighted by atomic mass is 35.5. The van der Waals surface area contributed by atoms with Gasteiger partial charge in [0.2, 0.25) is 5.91 Å². The first-order valence-corrected chi connectivity index (χ1v) is 7.95. The molecule has 5 nitrogen and oxygen atoms in total. The molecule has 3 rings (SSSR count). The Bertz CT molecular complexity index is 599. The number of carbonyl (C=O) groups is 2. The summed E-state index contributed by atoms with van der Waals surface area (Å²) in [5, 5.41) is 5.93. The molecule has 1 aromatic rings. The van der Waals surface area contributed by atoms with E-state index < -0.39 is 0 Å². The first kappa shape index (κ1) is 17.8. The second kappa shape index (κ2) is 6.89. The fourth-order valence-electron chi connectivity index (χ4n) is 2.70. The third-order valence-corrected chi connectivity index (χ3v) is 4.64. The lowest BCUT2D eigenvalue weighted by molar-refractivity contribution is -0.117. The van der Waals surface area contributed by atoms with E-state index in [1.165, 1.54) is 0 Å². The van der Waals surface area contributed by atoms with Crippen LogP contribution in [0.15, 0.2) is 24.3 Å². The molecular weight excluding hydrogens is 314 g/mol. The minimum absolute atomic E-state index is 0. The molecule has 2 amide bonds. The van der Waals surface area contributed by atoms with E-state index in [0.29, 0.717) is 23.7 Å². The first-order valence-electron chi connectivity index (χ1n) is 7.95. The van der Waals surface area contributed by atoms with Crippen LogP contribution in [0.25, 0.3) is 0 Å². The molecule has 2 saturated carbocycles. The molecule has 6 heteroatoms. The van der Waals surface area contributed by atoms with Gasteiger partial charge in [0.25, 0.3) is 5.91 Å². The van der Waals surface area contributed by atoms with Crippen LogP contribution in [0.5, 0.6) is 0 Å². The summed E-state index contributed by atoms with van der Waals surface area (Å²) in [6, 6.07) is 7.07. The van der Waals surface area contributed by atoms with Gasteiger partial charge in [-0.05, 0) is 56.7 Å². The third kappa shape index (κ3) is 4.24. The van der Waals surface area contributed by atoms with Crippen molar-refractivity contribution in [3.63, 3.8) is 0 Å². The van der Waals surface area contributed by atoms with Crippen LogP contribution in [0, 0.1) is 11.8 Å². The molecule has 4 N–H and O–H groups in total. The molecule has 0 aliphatic heterocycles. The predicted molar refractivity (Wildman–Crippen MR) is 92.7 cm³/mol. The summed E-state index contributed by atoms with van der Waals surface area (Å²) in [6.45, 7) is 2.43. The normalized spacial score (nSPS) is 19.2. The minimum atomic E-state index is -0.343. The van der Waals surface area contributed by atoms with E-state index in [-0.39, 0.29) is 35.7 Å². The van der Waals surface area contributed by atoms with Crippen molar-refractivity contribution in [3.05, 3.63) is 29.8 Å². The van der Waals surface area contributed by atoms with Crippen molar-refractivity contribution >= 4 is 29.9 Å². The molecular formula is C17H24ClN3O2. The van der Waals surface area contributed by atoms with Crippen LogP contribution in [-0.2, 0) is 4.79 Å². The Morgan fingerprint density at radius 1 is 1.26 bits per heavy atom. The molecule has 0 bridgehead atoms. The number of hydrogen-bond acceptors (Lipinski definition) is 3. The minimum Gasteiger partial charge on any atom is -0.345 e. The highest BCUT2D eigenvalue weighted by Gasteiger charge is 2.41. The van der Waals surface area contributed by atoms with Crippen molar-refractivity contribution in [2.45, 2.75) is 38.1 Å². The van der Waals surface area contributed by atoms with Gasteiger partial charge in [-0.3, -0.25) is 9.59 Å². The standard InChI is InChI=1S/C17H23N3O2.ClH/c1-17(10-18,13-7-8-13)20-16(22)12-3-2-4-14(9-12)19-15(21)11-5-6-11;/h2-4,9,11,13H,5-8,10,18H2,1H3,(H,19,21)(H,20,22);1H. The summed E-state index contributed by atoms with van der Waals surface area (Å²) in [4.78, 5) is 24.3. The smallest absolute Gasteiger partial charge is 0.251 e. The van der Waals surface area contributed by atoms with Gasteiger partial charge in [0.05, 0.1) is 5.54 Å². The molecule has 1 aromatic carbocycles. The first-order chi connectivity index (χ1) is 10.5. The van der Waals surface area contributed by atoms with Crippen LogP contribution >= 0.6 is 12.4 Å². The van der Waals surface area contributed by atoms with E-state index >= 15 is 0 Å². The topological polar surface area (TPSA) is 84.2 Å². The summed E-state index contributed by atoms with van der Waals surface area (Å²) in [5.41, 5.74) is 6.72. The summed E-state index contributed by atoms with van der Waals surface area (Å²) >= 11 is 0. The van der Waals surface area contributed by atoms with E-state index in [9.17, 15) is 9.59 Å². The van der Waals surface area contributed by atoms with Crippen molar-refractivity contribution in [2.24, 2.45) is 17.6 Å². The third-order valence-electron chi connectivity index (χ3n) is 4.64. The zero-order valence-electron chi connectivity index (χ0n) is 13.3. The average molecular weight is 338 g/mol. The zero-order chi connectivity index (χ0) is 15.7. The number of amides is 2. The molecule has 2 aliphatic carbocycles. The quantitative estimate of drug-likeness (QED) is 0.744. The number of carbonyl (C=O) groups excluding carboxylic acids is 2. The van der Waals surface area contributed by atoms with Crippen molar-refractivity contribution in [1.82, 2.24) is 5.32 Å². The highest BCUT2D eigenvalue weighted by Crippen LogP contribution is 2.39. The van der Waals surface area contributed by atoms with Crippen LogP contribution in [0.4, 0.5) is 5.69 Å². The van der Waals surface area contributed by atoms with Crippen molar-refractivity contribution in [2.75, 3.05) is 11.9 Å². The lowest BCUT2D eigenvalue weighted by Crippen LogP contribution is -2.53. The highest BCUT2D eigenvalue weighted by molar-refractivity contribution is 5.98. The number of hydrogen-bond donors (Lipinski definition) is 3. The monoisotopic (exact) mass is 337 g/mol. The molecule has 126 valence electrons. The maximum absolute atomic E-state index is 12.5. The maximum Gasteiger partial charge on any atom is 0.251 e. The van der Waals surface area contributed by atoms with Crippen LogP contribution in [0.3, 0.4) is 0 Å². The van der Waals surface area contributed by atoms with E-state index in [2.05, 4.69) is 10.6 Å². The lowest BCUT2D eigenvalue weighted by Gasteiger charge is -2.29.